The SMILES string of the molecule is CN(c1ccsc1C(=O)NCCC1=CCCCC1)S(=O)(=O)c1ccccc1. The molecule has 1 N–H and O–H groups in total. The largest absolute Gasteiger partial charge is 0.351 e. The molecule has 3 rings (SSSR count). The summed E-state index contributed by atoms with van der Waals surface area (Å²) in [5, 5.41) is 4.67. The lowest BCUT2D eigenvalue weighted by Gasteiger charge is -2.20. The van der Waals surface area contributed by atoms with Crippen LogP contribution in [0.4, 0.5) is 5.69 Å². The summed E-state index contributed by atoms with van der Waals surface area (Å²) in [5.74, 6) is -0.230. The summed E-state index contributed by atoms with van der Waals surface area (Å²) in [6, 6.07) is 9.91. The molecule has 0 spiro atoms. The van der Waals surface area contributed by atoms with Crippen LogP contribution in [0.5, 0.6) is 0 Å². The fraction of sp³-hybridized carbons (Fsp3) is 0.350. The minimum Gasteiger partial charge on any atom is -0.351 e. The lowest BCUT2D eigenvalue weighted by Crippen LogP contribution is -2.30. The van der Waals surface area contributed by atoms with Crippen LogP contribution in [0.2, 0.25) is 0 Å². The number of rotatable bonds is 7. The van der Waals surface area contributed by atoms with Crippen molar-refractivity contribution in [2.45, 2.75) is 37.0 Å². The maximum absolute atomic E-state index is 12.8. The second-order valence-electron chi connectivity index (χ2n) is 6.53. The van der Waals surface area contributed by atoms with E-state index in [9.17, 15) is 13.2 Å². The number of sulfonamides is 1. The Hall–Kier alpha value is -2.12. The summed E-state index contributed by atoms with van der Waals surface area (Å²) in [5.41, 5.74) is 1.80. The van der Waals surface area contributed by atoms with E-state index in [-0.39, 0.29) is 10.8 Å². The molecular weight excluding hydrogens is 380 g/mol. The van der Waals surface area contributed by atoms with Crippen molar-refractivity contribution in [3.05, 3.63) is 58.3 Å². The van der Waals surface area contributed by atoms with E-state index in [1.54, 1.807) is 41.8 Å². The number of thiophene rings is 1. The van der Waals surface area contributed by atoms with Gasteiger partial charge < -0.3 is 5.32 Å². The smallest absolute Gasteiger partial charge is 0.264 e. The molecule has 7 heteroatoms. The Morgan fingerprint density at radius 2 is 1.96 bits per heavy atom. The van der Waals surface area contributed by atoms with Gasteiger partial charge in [0.05, 0.1) is 10.6 Å². The van der Waals surface area contributed by atoms with Crippen molar-refractivity contribution >= 4 is 33.0 Å². The number of hydrogen-bond donors (Lipinski definition) is 1. The van der Waals surface area contributed by atoms with Gasteiger partial charge in [-0.3, -0.25) is 9.10 Å². The molecule has 0 unspecified atom stereocenters. The van der Waals surface area contributed by atoms with E-state index in [0.717, 1.165) is 19.3 Å². The second-order valence-corrected chi connectivity index (χ2v) is 9.42. The predicted molar refractivity (Wildman–Crippen MR) is 110 cm³/mol. The third kappa shape index (κ3) is 4.59. The molecule has 0 radical (unpaired) electrons. The molecule has 1 aromatic carbocycles. The number of anilines is 1. The van der Waals surface area contributed by atoms with Crippen LogP contribution in [0.25, 0.3) is 0 Å². The number of benzene rings is 1. The van der Waals surface area contributed by atoms with Gasteiger partial charge in [0.1, 0.15) is 4.88 Å². The molecule has 0 saturated carbocycles. The highest BCUT2D eigenvalue weighted by Gasteiger charge is 2.26. The molecule has 0 atom stereocenters. The van der Waals surface area contributed by atoms with Gasteiger partial charge in [-0.15, -0.1) is 11.3 Å². The zero-order valence-corrected chi connectivity index (χ0v) is 17.0. The van der Waals surface area contributed by atoms with Crippen molar-refractivity contribution in [3.63, 3.8) is 0 Å². The highest BCUT2D eigenvalue weighted by Crippen LogP contribution is 2.29. The number of nitrogens with one attached hydrogen (secondary N) is 1. The molecule has 1 amide bonds. The molecule has 0 bridgehead atoms. The second kappa shape index (κ2) is 8.71. The Morgan fingerprint density at radius 3 is 2.67 bits per heavy atom. The number of hydrogen-bond acceptors (Lipinski definition) is 4. The summed E-state index contributed by atoms with van der Waals surface area (Å²) >= 11 is 1.25. The van der Waals surface area contributed by atoms with E-state index < -0.39 is 10.0 Å². The number of carbonyl (C=O) groups excluding carboxylic acids is 1. The van der Waals surface area contributed by atoms with Crippen molar-refractivity contribution in [1.82, 2.24) is 5.32 Å². The van der Waals surface area contributed by atoms with E-state index in [1.165, 1.54) is 41.1 Å². The quantitative estimate of drug-likeness (QED) is 0.704. The zero-order chi connectivity index (χ0) is 19.3. The Labute approximate surface area is 164 Å². The van der Waals surface area contributed by atoms with Gasteiger partial charge in [-0.1, -0.05) is 29.8 Å². The van der Waals surface area contributed by atoms with Crippen LogP contribution in [0.15, 0.2) is 58.3 Å². The summed E-state index contributed by atoms with van der Waals surface area (Å²) in [6.07, 6.45) is 7.82. The third-order valence-electron chi connectivity index (χ3n) is 4.71. The Kier molecular flexibility index (Phi) is 6.34. The molecule has 0 fully saturated rings. The van der Waals surface area contributed by atoms with Crippen LogP contribution >= 0.6 is 11.3 Å². The maximum atomic E-state index is 12.8. The number of amides is 1. The summed E-state index contributed by atoms with van der Waals surface area (Å²) in [7, 11) is -2.22. The molecular formula is C20H24N2O3S2. The van der Waals surface area contributed by atoms with Crippen LogP contribution in [0, 0.1) is 0 Å². The summed E-state index contributed by atoms with van der Waals surface area (Å²) in [6.45, 7) is 0.567. The van der Waals surface area contributed by atoms with E-state index in [4.69, 9.17) is 0 Å². The van der Waals surface area contributed by atoms with Crippen molar-refractivity contribution in [3.8, 4) is 0 Å². The standard InChI is InChI=1S/C20H24N2O3S2/c1-22(27(24,25)17-10-6-3-7-11-17)18-13-15-26-19(18)20(23)21-14-12-16-8-4-2-5-9-16/h3,6-8,10-11,13,15H,2,4-5,9,12,14H2,1H3,(H,21,23). The van der Waals surface area contributed by atoms with E-state index in [2.05, 4.69) is 11.4 Å². The van der Waals surface area contributed by atoms with Gasteiger partial charge >= 0.3 is 0 Å². The molecule has 0 aliphatic heterocycles. The molecule has 1 aromatic heterocycles. The van der Waals surface area contributed by atoms with Gasteiger partial charge in [0.2, 0.25) is 0 Å². The Bertz CT molecular complexity index is 918. The van der Waals surface area contributed by atoms with E-state index in [0.29, 0.717) is 17.1 Å². The van der Waals surface area contributed by atoms with Crippen molar-refractivity contribution in [1.29, 1.82) is 0 Å². The summed E-state index contributed by atoms with van der Waals surface area (Å²) in [4.78, 5) is 13.2. The van der Waals surface area contributed by atoms with Crippen molar-refractivity contribution < 1.29 is 13.2 Å². The lowest BCUT2D eigenvalue weighted by molar-refractivity contribution is 0.0958. The van der Waals surface area contributed by atoms with Crippen LogP contribution < -0.4 is 9.62 Å². The van der Waals surface area contributed by atoms with Gasteiger partial charge in [0.15, 0.2) is 0 Å². The number of carbonyl (C=O) groups is 1. The average molecular weight is 405 g/mol. The molecule has 2 aromatic rings. The monoisotopic (exact) mass is 404 g/mol. The van der Waals surface area contributed by atoms with Gasteiger partial charge in [-0.2, -0.15) is 0 Å². The zero-order valence-electron chi connectivity index (χ0n) is 15.3. The fourth-order valence-corrected chi connectivity index (χ4v) is 5.27. The number of allylic oxidation sites excluding steroid dienone is 1. The normalized spacial score (nSPS) is 14.5. The molecule has 1 aliphatic rings. The van der Waals surface area contributed by atoms with Crippen LogP contribution in [-0.2, 0) is 10.0 Å². The van der Waals surface area contributed by atoms with Crippen molar-refractivity contribution in [2.75, 3.05) is 17.9 Å². The molecule has 0 saturated heterocycles. The van der Waals surface area contributed by atoms with Gasteiger partial charge in [-0.25, -0.2) is 8.42 Å². The highest BCUT2D eigenvalue weighted by molar-refractivity contribution is 7.92. The Balaban J connectivity index is 1.69. The number of nitrogens with zero attached hydrogens (tertiary/aromatic N) is 1. The van der Waals surface area contributed by atoms with Crippen LogP contribution in [0.3, 0.4) is 0 Å². The minimum absolute atomic E-state index is 0.203. The van der Waals surface area contributed by atoms with Gasteiger partial charge in [0.25, 0.3) is 15.9 Å². The molecule has 27 heavy (non-hydrogen) atoms. The first-order chi connectivity index (χ1) is 13.0. The first-order valence-electron chi connectivity index (χ1n) is 9.08. The topological polar surface area (TPSA) is 66.5 Å². The van der Waals surface area contributed by atoms with Gasteiger partial charge in [-0.05, 0) is 55.7 Å². The van der Waals surface area contributed by atoms with Crippen molar-refractivity contribution in [2.24, 2.45) is 0 Å². The maximum Gasteiger partial charge on any atom is 0.264 e. The molecule has 1 heterocycles. The molecule has 144 valence electrons. The first kappa shape index (κ1) is 19.6. The van der Waals surface area contributed by atoms with Gasteiger partial charge in [0, 0.05) is 13.6 Å². The van der Waals surface area contributed by atoms with Crippen LogP contribution in [0.1, 0.15) is 41.8 Å². The summed E-state index contributed by atoms with van der Waals surface area (Å²) < 4.78 is 26.8. The fourth-order valence-electron chi connectivity index (χ4n) is 3.15. The average Bonchev–Trinajstić information content (AvgIpc) is 3.18. The van der Waals surface area contributed by atoms with Crippen LogP contribution in [-0.4, -0.2) is 27.9 Å². The van der Waals surface area contributed by atoms with E-state index in [1.807, 2.05) is 0 Å². The first-order valence-corrected chi connectivity index (χ1v) is 11.4. The molecule has 1 aliphatic carbocycles. The predicted octanol–water partition coefficient (Wildman–Crippen LogP) is 4.19. The molecule has 5 nitrogen and oxygen atoms in total. The third-order valence-corrected chi connectivity index (χ3v) is 7.40. The van der Waals surface area contributed by atoms with E-state index >= 15 is 0 Å². The lowest BCUT2D eigenvalue weighted by atomic mass is 9.97. The minimum atomic E-state index is -3.70. The highest BCUT2D eigenvalue weighted by atomic mass is 32.2. The Morgan fingerprint density at radius 1 is 1.19 bits per heavy atom.